The van der Waals surface area contributed by atoms with Crippen molar-refractivity contribution in [1.29, 1.82) is 0 Å². The maximum Gasteiger partial charge on any atom is 0.437 e. The van der Waals surface area contributed by atoms with E-state index in [4.69, 9.17) is 0 Å². The molecule has 0 radical (unpaired) electrons. The Hall–Kier alpha value is -3.11. The Balaban J connectivity index is 1.97. The first-order valence-electron chi connectivity index (χ1n) is 7.10. The minimum atomic E-state index is -4.68. The van der Waals surface area contributed by atoms with Crippen molar-refractivity contribution in [3.63, 3.8) is 0 Å². The molecule has 0 spiro atoms. The molecule has 25 heavy (non-hydrogen) atoms. The van der Waals surface area contributed by atoms with Gasteiger partial charge in [-0.2, -0.15) is 23.4 Å². The van der Waals surface area contributed by atoms with Crippen LogP contribution in [-0.4, -0.2) is 44.4 Å². The minimum Gasteiger partial charge on any atom is -0.363 e. The van der Waals surface area contributed by atoms with Crippen molar-refractivity contribution >= 4 is 23.1 Å². The zero-order chi connectivity index (χ0) is 18.4. The molecule has 0 saturated heterocycles. The summed E-state index contributed by atoms with van der Waals surface area (Å²) in [4.78, 5) is 18.5. The van der Waals surface area contributed by atoms with Crippen LogP contribution in [0.25, 0.3) is 5.65 Å². The Morgan fingerprint density at radius 3 is 2.68 bits per heavy atom. The molecule has 0 aliphatic heterocycles. The first-order chi connectivity index (χ1) is 11.7. The fourth-order valence-corrected chi connectivity index (χ4v) is 2.25. The number of carbonyl (C=O) groups is 1. The molecule has 0 unspecified atom stereocenters. The normalized spacial score (nSPS) is 11.8. The molecule has 1 amide bonds. The van der Waals surface area contributed by atoms with Crippen LogP contribution in [0.2, 0.25) is 0 Å². The maximum absolute atomic E-state index is 13.0. The van der Waals surface area contributed by atoms with Crippen LogP contribution >= 0.6 is 0 Å². The van der Waals surface area contributed by atoms with Gasteiger partial charge in [-0.25, -0.2) is 9.50 Å². The van der Waals surface area contributed by atoms with Crippen molar-refractivity contribution in [3.8, 4) is 0 Å². The molecule has 0 aromatic carbocycles. The van der Waals surface area contributed by atoms with Crippen LogP contribution in [0.3, 0.4) is 0 Å². The summed E-state index contributed by atoms with van der Waals surface area (Å²) in [5.41, 5.74) is -1.30. The summed E-state index contributed by atoms with van der Waals surface area (Å²) in [6, 6.07) is 1.70. The monoisotopic (exact) mass is 353 g/mol. The number of fused-ring (bicyclic) bond motifs is 1. The SMILES string of the molecule is CN(C)c1ccn2ncc(C(=O)Nc3cn(C)nc3C(F)(F)F)c2n1. The molecule has 0 aliphatic carbocycles. The van der Waals surface area contributed by atoms with Gasteiger partial charge in [-0.15, -0.1) is 0 Å². The van der Waals surface area contributed by atoms with Crippen LogP contribution in [0.1, 0.15) is 16.1 Å². The van der Waals surface area contributed by atoms with Crippen LogP contribution in [0.15, 0.2) is 24.7 Å². The lowest BCUT2D eigenvalue weighted by Gasteiger charge is -2.11. The molecule has 3 aromatic rings. The molecule has 132 valence electrons. The number of anilines is 2. The van der Waals surface area contributed by atoms with Crippen LogP contribution in [0.5, 0.6) is 0 Å². The highest BCUT2D eigenvalue weighted by Crippen LogP contribution is 2.33. The quantitative estimate of drug-likeness (QED) is 0.777. The molecule has 3 rings (SSSR count). The summed E-state index contributed by atoms with van der Waals surface area (Å²) >= 11 is 0. The van der Waals surface area contributed by atoms with Gasteiger partial charge >= 0.3 is 6.18 Å². The zero-order valence-electron chi connectivity index (χ0n) is 13.5. The highest BCUT2D eigenvalue weighted by molar-refractivity contribution is 6.08. The van der Waals surface area contributed by atoms with E-state index >= 15 is 0 Å². The number of hydrogen-bond donors (Lipinski definition) is 1. The molecule has 3 aromatic heterocycles. The predicted octanol–water partition coefficient (Wildman–Crippen LogP) is 1.80. The third kappa shape index (κ3) is 3.12. The average Bonchev–Trinajstić information content (AvgIpc) is 3.09. The number of hydrogen-bond acceptors (Lipinski definition) is 5. The minimum absolute atomic E-state index is 0.0562. The number of amides is 1. The number of alkyl halides is 3. The molecule has 0 aliphatic rings. The highest BCUT2D eigenvalue weighted by atomic mass is 19.4. The third-order valence-corrected chi connectivity index (χ3v) is 3.40. The number of rotatable bonds is 3. The van der Waals surface area contributed by atoms with Crippen molar-refractivity contribution in [1.82, 2.24) is 24.4 Å². The summed E-state index contributed by atoms with van der Waals surface area (Å²) in [6.07, 6.45) is -0.729. The second-order valence-corrected chi connectivity index (χ2v) is 5.52. The Kier molecular flexibility index (Phi) is 3.85. The Labute approximate surface area is 139 Å². The van der Waals surface area contributed by atoms with Crippen molar-refractivity contribution in [2.45, 2.75) is 6.18 Å². The van der Waals surface area contributed by atoms with Crippen molar-refractivity contribution in [2.24, 2.45) is 7.05 Å². The van der Waals surface area contributed by atoms with E-state index in [1.807, 2.05) is 0 Å². The molecule has 0 fully saturated rings. The molecule has 0 bridgehead atoms. The molecular formula is C14H14F3N7O. The van der Waals surface area contributed by atoms with Gasteiger partial charge < -0.3 is 10.2 Å². The molecule has 0 atom stereocenters. The first kappa shape index (κ1) is 16.7. The van der Waals surface area contributed by atoms with Gasteiger partial charge in [0.1, 0.15) is 11.4 Å². The number of aryl methyl sites for hydroxylation is 1. The topological polar surface area (TPSA) is 80.4 Å². The summed E-state index contributed by atoms with van der Waals surface area (Å²) in [7, 11) is 4.89. The van der Waals surface area contributed by atoms with Crippen LogP contribution in [0.4, 0.5) is 24.7 Å². The van der Waals surface area contributed by atoms with Gasteiger partial charge in [0, 0.05) is 33.5 Å². The van der Waals surface area contributed by atoms with Crippen molar-refractivity contribution < 1.29 is 18.0 Å². The fourth-order valence-electron chi connectivity index (χ4n) is 2.25. The van der Waals surface area contributed by atoms with Crippen LogP contribution < -0.4 is 10.2 Å². The average molecular weight is 353 g/mol. The Morgan fingerprint density at radius 2 is 2.04 bits per heavy atom. The maximum atomic E-state index is 13.0. The standard InChI is InChI=1S/C14H14F3N7O/c1-22(2)10-4-5-24-12(20-10)8(6-18-24)13(25)19-9-7-23(3)21-11(9)14(15,16)17/h4-7H,1-3H3,(H,19,25). The molecule has 3 heterocycles. The third-order valence-electron chi connectivity index (χ3n) is 3.40. The fraction of sp³-hybridized carbons (Fsp3) is 0.286. The molecule has 1 N–H and O–H groups in total. The number of nitrogens with zero attached hydrogens (tertiary/aromatic N) is 6. The Morgan fingerprint density at radius 1 is 1.32 bits per heavy atom. The lowest BCUT2D eigenvalue weighted by atomic mass is 10.3. The van der Waals surface area contributed by atoms with E-state index in [0.717, 1.165) is 10.9 Å². The van der Waals surface area contributed by atoms with Crippen molar-refractivity contribution in [3.05, 3.63) is 35.9 Å². The highest BCUT2D eigenvalue weighted by Gasteiger charge is 2.37. The van der Waals surface area contributed by atoms with Gasteiger partial charge in [0.2, 0.25) is 0 Å². The van der Waals surface area contributed by atoms with Gasteiger partial charge in [-0.1, -0.05) is 0 Å². The van der Waals surface area contributed by atoms with Gasteiger partial charge in [-0.3, -0.25) is 9.48 Å². The van der Waals surface area contributed by atoms with E-state index in [0.29, 0.717) is 5.82 Å². The van der Waals surface area contributed by atoms with Gasteiger partial charge in [-0.05, 0) is 6.07 Å². The predicted molar refractivity (Wildman–Crippen MR) is 83.5 cm³/mol. The zero-order valence-corrected chi connectivity index (χ0v) is 13.5. The second-order valence-electron chi connectivity index (χ2n) is 5.52. The number of nitrogens with one attached hydrogen (secondary N) is 1. The summed E-state index contributed by atoms with van der Waals surface area (Å²) < 4.78 is 41.3. The van der Waals surface area contributed by atoms with E-state index < -0.39 is 23.5 Å². The number of halogens is 3. The molecule has 0 saturated carbocycles. The van der Waals surface area contributed by atoms with Crippen molar-refractivity contribution in [2.75, 3.05) is 24.3 Å². The van der Waals surface area contributed by atoms with Crippen LogP contribution in [-0.2, 0) is 13.2 Å². The molecular weight excluding hydrogens is 339 g/mol. The second kappa shape index (κ2) is 5.76. The van der Waals surface area contributed by atoms with E-state index in [2.05, 4.69) is 20.5 Å². The number of carbonyl (C=O) groups excluding carboxylic acids is 1. The van der Waals surface area contributed by atoms with E-state index in [-0.39, 0.29) is 11.2 Å². The lowest BCUT2D eigenvalue weighted by Crippen LogP contribution is -2.16. The lowest BCUT2D eigenvalue weighted by molar-refractivity contribution is -0.140. The summed E-state index contributed by atoms with van der Waals surface area (Å²) in [5.74, 6) is -0.170. The first-order valence-corrected chi connectivity index (χ1v) is 7.10. The number of aromatic nitrogens is 5. The van der Waals surface area contributed by atoms with E-state index in [9.17, 15) is 18.0 Å². The van der Waals surface area contributed by atoms with Gasteiger partial charge in [0.25, 0.3) is 5.91 Å². The molecule has 8 nitrogen and oxygen atoms in total. The van der Waals surface area contributed by atoms with Crippen LogP contribution in [0, 0.1) is 0 Å². The Bertz CT molecular complexity index is 942. The molecule has 11 heteroatoms. The van der Waals surface area contributed by atoms with Gasteiger partial charge in [0.05, 0.1) is 11.9 Å². The summed E-state index contributed by atoms with van der Waals surface area (Å²) in [5, 5.41) is 9.57. The smallest absolute Gasteiger partial charge is 0.363 e. The van der Waals surface area contributed by atoms with E-state index in [1.54, 1.807) is 31.3 Å². The van der Waals surface area contributed by atoms with E-state index in [1.165, 1.54) is 17.8 Å². The summed E-state index contributed by atoms with van der Waals surface area (Å²) in [6.45, 7) is 0. The van der Waals surface area contributed by atoms with Gasteiger partial charge in [0.15, 0.2) is 11.3 Å². The largest absolute Gasteiger partial charge is 0.437 e.